The Morgan fingerprint density at radius 2 is 1.91 bits per heavy atom. The van der Waals surface area contributed by atoms with Gasteiger partial charge in [0.05, 0.1) is 6.04 Å². The van der Waals surface area contributed by atoms with E-state index in [4.69, 9.17) is 16.3 Å². The molecule has 0 spiro atoms. The normalized spacial score (nSPS) is 12.9. The molecule has 5 nitrogen and oxygen atoms in total. The molecule has 1 aromatic heterocycles. The zero-order valence-electron chi connectivity index (χ0n) is 13.2. The second-order valence-corrected chi connectivity index (χ2v) is 7.43. The number of nitrogens with zero attached hydrogens (tertiary/aromatic N) is 1. The molecule has 22 heavy (non-hydrogen) atoms. The Balaban J connectivity index is 2.95. The van der Waals surface area contributed by atoms with E-state index in [1.807, 2.05) is 13.8 Å². The van der Waals surface area contributed by atoms with Crippen molar-refractivity contribution in [3.05, 3.63) is 27.5 Å². The average Bonchev–Trinajstić information content (AvgIpc) is 2.31. The van der Waals surface area contributed by atoms with Gasteiger partial charge in [-0.05, 0) is 54.8 Å². The van der Waals surface area contributed by atoms with Gasteiger partial charge in [0.1, 0.15) is 15.4 Å². The van der Waals surface area contributed by atoms with Crippen LogP contribution in [0.3, 0.4) is 0 Å². The SMILES string of the molecule is CC(C)C(NC(=O)OC(C)(C)C)C(=O)c1cc(Cl)nc(Br)c1. The maximum atomic E-state index is 12.6. The first kappa shape index (κ1) is 18.9. The predicted octanol–water partition coefficient (Wildman–Crippen LogP) is 4.23. The number of hydrogen-bond donors (Lipinski definition) is 1. The molecule has 0 aromatic carbocycles. The predicted molar refractivity (Wildman–Crippen MR) is 89.3 cm³/mol. The van der Waals surface area contributed by atoms with E-state index in [2.05, 4.69) is 26.2 Å². The number of rotatable bonds is 4. The van der Waals surface area contributed by atoms with Crippen LogP contribution in [0.1, 0.15) is 45.0 Å². The van der Waals surface area contributed by atoms with Crippen molar-refractivity contribution >= 4 is 39.4 Å². The van der Waals surface area contributed by atoms with Crippen LogP contribution in [0.2, 0.25) is 5.15 Å². The molecule has 1 heterocycles. The molecule has 0 saturated heterocycles. The van der Waals surface area contributed by atoms with Gasteiger partial charge in [0.25, 0.3) is 0 Å². The number of carbonyl (C=O) groups is 2. The van der Waals surface area contributed by atoms with E-state index in [9.17, 15) is 9.59 Å². The first-order valence-corrected chi connectivity index (χ1v) is 8.03. The van der Waals surface area contributed by atoms with Gasteiger partial charge in [0.15, 0.2) is 5.78 Å². The minimum Gasteiger partial charge on any atom is -0.444 e. The van der Waals surface area contributed by atoms with Gasteiger partial charge in [-0.2, -0.15) is 0 Å². The summed E-state index contributed by atoms with van der Waals surface area (Å²) in [4.78, 5) is 28.5. The van der Waals surface area contributed by atoms with Crippen molar-refractivity contribution in [3.63, 3.8) is 0 Å². The third-order valence-corrected chi connectivity index (χ3v) is 3.27. The third-order valence-electron chi connectivity index (χ3n) is 2.67. The zero-order chi connectivity index (χ0) is 17.1. The van der Waals surface area contributed by atoms with Crippen LogP contribution in [-0.2, 0) is 4.74 Å². The number of halogens is 2. The maximum absolute atomic E-state index is 12.6. The lowest BCUT2D eigenvalue weighted by atomic mass is 9.95. The van der Waals surface area contributed by atoms with Crippen molar-refractivity contribution in [1.29, 1.82) is 0 Å². The second-order valence-electron chi connectivity index (χ2n) is 6.23. The van der Waals surface area contributed by atoms with Crippen LogP contribution in [0.5, 0.6) is 0 Å². The summed E-state index contributed by atoms with van der Waals surface area (Å²) in [6.07, 6.45) is -0.626. The third kappa shape index (κ3) is 5.93. The molecule has 1 amide bonds. The van der Waals surface area contributed by atoms with Crippen molar-refractivity contribution in [2.45, 2.75) is 46.3 Å². The molecule has 0 radical (unpaired) electrons. The van der Waals surface area contributed by atoms with E-state index < -0.39 is 17.7 Å². The van der Waals surface area contributed by atoms with Gasteiger partial charge in [-0.25, -0.2) is 9.78 Å². The summed E-state index contributed by atoms with van der Waals surface area (Å²) >= 11 is 9.06. The van der Waals surface area contributed by atoms with Crippen molar-refractivity contribution in [1.82, 2.24) is 10.3 Å². The monoisotopic (exact) mass is 390 g/mol. The van der Waals surface area contributed by atoms with Crippen LogP contribution in [-0.4, -0.2) is 28.5 Å². The molecule has 1 atom stereocenters. The first-order valence-electron chi connectivity index (χ1n) is 6.86. The Morgan fingerprint density at radius 1 is 1.32 bits per heavy atom. The quantitative estimate of drug-likeness (QED) is 0.616. The molecule has 7 heteroatoms. The number of Topliss-reactive ketones (excluding diaryl/α,β-unsaturated/α-hetero) is 1. The van der Waals surface area contributed by atoms with E-state index in [0.717, 1.165) is 0 Å². The van der Waals surface area contributed by atoms with E-state index in [-0.39, 0.29) is 16.9 Å². The van der Waals surface area contributed by atoms with Crippen LogP contribution in [0.25, 0.3) is 0 Å². The highest BCUT2D eigenvalue weighted by atomic mass is 79.9. The Labute approximate surface area is 143 Å². The largest absolute Gasteiger partial charge is 0.444 e. The molecule has 0 aliphatic carbocycles. The average molecular weight is 392 g/mol. The van der Waals surface area contributed by atoms with Gasteiger partial charge >= 0.3 is 6.09 Å². The fraction of sp³-hybridized carbons (Fsp3) is 0.533. The summed E-state index contributed by atoms with van der Waals surface area (Å²) in [5, 5.41) is 2.83. The summed E-state index contributed by atoms with van der Waals surface area (Å²) < 4.78 is 5.66. The van der Waals surface area contributed by atoms with E-state index in [1.165, 1.54) is 6.07 Å². The van der Waals surface area contributed by atoms with Crippen LogP contribution in [0, 0.1) is 5.92 Å². The van der Waals surface area contributed by atoms with Gasteiger partial charge in [-0.1, -0.05) is 25.4 Å². The molecule has 1 rings (SSSR count). The molecule has 0 aliphatic heterocycles. The molecule has 0 bridgehead atoms. The number of hydrogen-bond acceptors (Lipinski definition) is 4. The summed E-state index contributed by atoms with van der Waals surface area (Å²) in [7, 11) is 0. The van der Waals surface area contributed by atoms with Gasteiger partial charge in [-0.3, -0.25) is 4.79 Å². The molecule has 0 aliphatic rings. The summed E-state index contributed by atoms with van der Waals surface area (Å²) in [6, 6.07) is 2.33. The lowest BCUT2D eigenvalue weighted by molar-refractivity contribution is 0.0475. The lowest BCUT2D eigenvalue weighted by Gasteiger charge is -2.25. The fourth-order valence-electron chi connectivity index (χ4n) is 1.76. The molecule has 1 N–H and O–H groups in total. The number of alkyl carbamates (subject to hydrolysis) is 1. The maximum Gasteiger partial charge on any atom is 0.408 e. The van der Waals surface area contributed by atoms with E-state index >= 15 is 0 Å². The number of carbonyl (C=O) groups excluding carboxylic acids is 2. The second kappa shape index (κ2) is 7.42. The van der Waals surface area contributed by atoms with Gasteiger partial charge in [-0.15, -0.1) is 0 Å². The molecule has 1 unspecified atom stereocenters. The summed E-state index contributed by atoms with van der Waals surface area (Å²) in [5.41, 5.74) is -0.251. The lowest BCUT2D eigenvalue weighted by Crippen LogP contribution is -2.46. The number of ketones is 1. The number of pyridine rings is 1. The Bertz CT molecular complexity index is 550. The first-order chi connectivity index (χ1) is 9.99. The van der Waals surface area contributed by atoms with Crippen molar-refractivity contribution in [2.24, 2.45) is 5.92 Å². The molecular weight excluding hydrogens is 372 g/mol. The highest BCUT2D eigenvalue weighted by Gasteiger charge is 2.28. The highest BCUT2D eigenvalue weighted by molar-refractivity contribution is 9.10. The van der Waals surface area contributed by atoms with Crippen molar-refractivity contribution in [3.8, 4) is 0 Å². The zero-order valence-corrected chi connectivity index (χ0v) is 15.6. The van der Waals surface area contributed by atoms with Gasteiger partial charge in [0.2, 0.25) is 0 Å². The summed E-state index contributed by atoms with van der Waals surface area (Å²) in [6.45, 7) is 8.98. The Kier molecular flexibility index (Phi) is 6.38. The topological polar surface area (TPSA) is 68.3 Å². The van der Waals surface area contributed by atoms with Gasteiger partial charge in [0, 0.05) is 5.56 Å². The number of amides is 1. The van der Waals surface area contributed by atoms with Crippen LogP contribution in [0.4, 0.5) is 4.79 Å². The van der Waals surface area contributed by atoms with Gasteiger partial charge < -0.3 is 10.1 Å². The molecule has 0 saturated carbocycles. The van der Waals surface area contributed by atoms with Crippen molar-refractivity contribution < 1.29 is 14.3 Å². The molecular formula is C15H20BrClN2O3. The number of ether oxygens (including phenoxy) is 1. The highest BCUT2D eigenvalue weighted by Crippen LogP contribution is 2.19. The smallest absolute Gasteiger partial charge is 0.408 e. The molecule has 122 valence electrons. The fourth-order valence-corrected chi connectivity index (χ4v) is 2.50. The van der Waals surface area contributed by atoms with Crippen LogP contribution in [0.15, 0.2) is 16.7 Å². The number of aromatic nitrogens is 1. The number of nitrogens with one attached hydrogen (secondary N) is 1. The minimum absolute atomic E-state index is 0.106. The van der Waals surface area contributed by atoms with E-state index in [1.54, 1.807) is 26.8 Å². The van der Waals surface area contributed by atoms with Crippen molar-refractivity contribution in [2.75, 3.05) is 0 Å². The standard InChI is InChI=1S/C15H20BrClN2O3/c1-8(2)12(19-14(21)22-15(3,4)5)13(20)9-6-10(16)18-11(17)7-9/h6-8,12H,1-5H3,(H,19,21). The Hall–Kier alpha value is -1.14. The Morgan fingerprint density at radius 3 is 2.36 bits per heavy atom. The molecule has 1 aromatic rings. The summed E-state index contributed by atoms with van der Waals surface area (Å²) in [5.74, 6) is -0.350. The molecule has 0 fully saturated rings. The minimum atomic E-state index is -0.708. The van der Waals surface area contributed by atoms with Crippen LogP contribution < -0.4 is 5.32 Å². The van der Waals surface area contributed by atoms with E-state index in [0.29, 0.717) is 10.2 Å². The van der Waals surface area contributed by atoms with Crippen LogP contribution >= 0.6 is 27.5 Å².